The van der Waals surface area contributed by atoms with Crippen LogP contribution in [-0.2, 0) is 20.5 Å². The minimum atomic E-state index is -4.61. The van der Waals surface area contributed by atoms with Crippen LogP contribution in [0, 0.1) is 5.41 Å². The Hall–Kier alpha value is -3.77. The predicted molar refractivity (Wildman–Crippen MR) is 167 cm³/mol. The Morgan fingerprint density at radius 3 is 2.19 bits per heavy atom. The zero-order chi connectivity index (χ0) is 34.2. The third-order valence-electron chi connectivity index (χ3n) is 7.84. The molecule has 1 aromatic heterocycles. The fraction of sp³-hybridized carbons (Fsp3) is 0.448. The Labute approximate surface area is 274 Å². The van der Waals surface area contributed by atoms with Crippen molar-refractivity contribution in [3.8, 4) is 6.01 Å². The van der Waals surface area contributed by atoms with E-state index in [0.717, 1.165) is 18.4 Å². The van der Waals surface area contributed by atoms with Crippen LogP contribution >= 0.6 is 11.6 Å². The van der Waals surface area contributed by atoms with Crippen molar-refractivity contribution in [2.75, 3.05) is 23.8 Å². The van der Waals surface area contributed by atoms with Gasteiger partial charge in [0.15, 0.2) is 6.61 Å². The van der Waals surface area contributed by atoms with E-state index in [9.17, 15) is 31.5 Å². The van der Waals surface area contributed by atoms with E-state index in [1.165, 1.54) is 0 Å². The van der Waals surface area contributed by atoms with Gasteiger partial charge < -0.3 is 20.5 Å². The largest absolute Gasteiger partial charge is 0.454 e. The summed E-state index contributed by atoms with van der Waals surface area (Å²) < 4.78 is 68.1. The van der Waals surface area contributed by atoms with Crippen LogP contribution < -0.4 is 25.8 Å². The molecule has 2 aliphatic rings. The third-order valence-corrected chi connectivity index (χ3v) is 9.23. The number of hydrogen-bond acceptors (Lipinski definition) is 11. The summed E-state index contributed by atoms with van der Waals surface area (Å²) in [5, 5.41) is 25.6. The van der Waals surface area contributed by atoms with E-state index in [1.54, 1.807) is 50.2 Å². The van der Waals surface area contributed by atoms with Crippen LogP contribution in [0.4, 0.5) is 30.8 Å². The Morgan fingerprint density at radius 1 is 1.04 bits per heavy atom. The number of benzene rings is 2. The molecule has 5 rings (SSSR count). The molecule has 0 spiro atoms. The maximum Gasteiger partial charge on any atom is 0.422 e. The van der Waals surface area contributed by atoms with Crippen molar-refractivity contribution in [1.82, 2.24) is 24.6 Å². The number of hydrogen-bond donors (Lipinski definition) is 5. The first-order valence-electron chi connectivity index (χ1n) is 14.6. The van der Waals surface area contributed by atoms with Crippen LogP contribution in [0.15, 0.2) is 48.5 Å². The number of nitrogens with zero attached hydrogens (tertiary/aromatic N) is 4. The van der Waals surface area contributed by atoms with E-state index in [0.29, 0.717) is 33.4 Å². The first-order valence-corrected chi connectivity index (χ1v) is 16.5. The van der Waals surface area contributed by atoms with Crippen LogP contribution in [0.1, 0.15) is 56.9 Å². The number of carbonyl (C=O) groups is 1. The number of rotatable bonds is 14. The van der Waals surface area contributed by atoms with E-state index in [-0.39, 0.29) is 18.4 Å². The molecule has 254 valence electrons. The van der Waals surface area contributed by atoms with Crippen LogP contribution in [0.2, 0.25) is 5.02 Å². The van der Waals surface area contributed by atoms with Gasteiger partial charge >= 0.3 is 22.4 Å². The van der Waals surface area contributed by atoms with Crippen molar-refractivity contribution < 1.29 is 36.2 Å². The van der Waals surface area contributed by atoms with Crippen molar-refractivity contribution in [2.45, 2.75) is 63.5 Å². The highest BCUT2D eigenvalue weighted by molar-refractivity contribution is 7.87. The summed E-state index contributed by atoms with van der Waals surface area (Å²) in [6.45, 7) is 1.52. The molecule has 13 nitrogen and oxygen atoms in total. The van der Waals surface area contributed by atoms with Gasteiger partial charge in [0.25, 0.3) is 0 Å². The minimum Gasteiger partial charge on any atom is -0.454 e. The second-order valence-corrected chi connectivity index (χ2v) is 13.8. The summed E-state index contributed by atoms with van der Waals surface area (Å²) in [4.78, 5) is 25.4. The van der Waals surface area contributed by atoms with E-state index in [1.807, 2.05) is 12.1 Å². The Morgan fingerprint density at radius 2 is 1.66 bits per heavy atom. The number of anilines is 3. The highest BCUT2D eigenvalue weighted by Crippen LogP contribution is 2.49. The van der Waals surface area contributed by atoms with E-state index in [2.05, 4.69) is 30.9 Å². The number of halogens is 4. The summed E-state index contributed by atoms with van der Waals surface area (Å²) in [6, 6.07) is 12.3. The maximum absolute atomic E-state index is 13.0. The first-order chi connectivity index (χ1) is 22.0. The predicted octanol–water partition coefficient (Wildman–Crippen LogP) is 4.11. The number of carbonyl (C=O) groups excluding carboxylic acids is 1. The van der Waals surface area contributed by atoms with Crippen LogP contribution in [0.5, 0.6) is 6.01 Å². The fourth-order valence-corrected chi connectivity index (χ4v) is 6.19. The summed E-state index contributed by atoms with van der Waals surface area (Å²) in [5.41, 5.74) is 0.258. The van der Waals surface area contributed by atoms with Gasteiger partial charge in [-0.3, -0.25) is 10.1 Å². The quantitative estimate of drug-likeness (QED) is 0.153. The monoisotopic (exact) mass is 698 g/mol. The first kappa shape index (κ1) is 34.6. The number of nitrogens with one attached hydrogen (secondary N) is 3. The molecular weight excluding hydrogens is 665 g/mol. The molecule has 1 unspecified atom stereocenters. The number of nitrogens with two attached hydrogens (primary N) is 1. The molecule has 0 bridgehead atoms. The Balaban J connectivity index is 1.27. The summed E-state index contributed by atoms with van der Waals surface area (Å²) >= 11 is 6.02. The highest BCUT2D eigenvalue weighted by Gasteiger charge is 2.54. The van der Waals surface area contributed by atoms with Gasteiger partial charge in [-0.25, -0.2) is 9.44 Å². The van der Waals surface area contributed by atoms with Gasteiger partial charge in [0, 0.05) is 23.3 Å². The van der Waals surface area contributed by atoms with Crippen LogP contribution in [0.3, 0.4) is 0 Å². The lowest BCUT2D eigenvalue weighted by atomic mass is 10.1. The van der Waals surface area contributed by atoms with Gasteiger partial charge in [0.05, 0.1) is 11.0 Å². The molecule has 2 aromatic carbocycles. The average Bonchev–Trinajstić information content (AvgIpc) is 3.91. The van der Waals surface area contributed by atoms with E-state index < -0.39 is 58.1 Å². The lowest BCUT2D eigenvalue weighted by Gasteiger charge is -2.28. The standard InChI is InChI=1S/C29H34ClF3N8O5S/c1-17(2)41(47(34,44)45)23(43)27(11-12-27)15-35-22(42)18-3-9-21(10-4-18)36-24-37-25(39-26(38-24)46-16-29(31,32)33)40-28(13-14-28)19-5-7-20(30)8-6-19/h3-10,17,22,35,42H,11-16H2,1-2H3,(H2,34,44,45)(H2,36,37,38,39,40). The van der Waals surface area contributed by atoms with Crippen molar-refractivity contribution in [2.24, 2.45) is 10.6 Å². The molecule has 2 aliphatic carbocycles. The van der Waals surface area contributed by atoms with Crippen molar-refractivity contribution in [3.05, 3.63) is 64.7 Å². The van der Waals surface area contributed by atoms with Crippen molar-refractivity contribution >= 4 is 45.3 Å². The van der Waals surface area contributed by atoms with Gasteiger partial charge in [-0.1, -0.05) is 35.9 Å². The molecule has 2 saturated carbocycles. The van der Waals surface area contributed by atoms with E-state index >= 15 is 0 Å². The van der Waals surface area contributed by atoms with Crippen LogP contribution in [0.25, 0.3) is 0 Å². The second-order valence-electron chi connectivity index (χ2n) is 11.9. The number of aliphatic hydroxyl groups excluding tert-OH is 1. The Kier molecular flexibility index (Phi) is 9.58. The molecule has 1 atom stereocenters. The lowest BCUT2D eigenvalue weighted by Crippen LogP contribution is -2.50. The number of ether oxygens (including phenoxy) is 1. The number of aliphatic hydroxyl groups is 1. The summed E-state index contributed by atoms with van der Waals surface area (Å²) in [7, 11) is -4.26. The third kappa shape index (κ3) is 8.58. The minimum absolute atomic E-state index is 0.00499. The van der Waals surface area contributed by atoms with Gasteiger partial charge in [-0.05, 0) is 74.9 Å². The molecule has 0 aliphatic heterocycles. The number of amides is 1. The molecule has 2 fully saturated rings. The highest BCUT2D eigenvalue weighted by atomic mass is 35.5. The molecule has 6 N–H and O–H groups in total. The van der Waals surface area contributed by atoms with Gasteiger partial charge in [0.1, 0.15) is 6.23 Å². The smallest absolute Gasteiger partial charge is 0.422 e. The number of alkyl halides is 3. The molecule has 18 heteroatoms. The molecule has 0 radical (unpaired) electrons. The summed E-state index contributed by atoms with van der Waals surface area (Å²) in [6.07, 6.45) is -3.47. The molecular formula is C29H34ClF3N8O5S. The van der Waals surface area contributed by atoms with Gasteiger partial charge in [0.2, 0.25) is 17.8 Å². The molecule has 1 heterocycles. The topological polar surface area (TPSA) is 185 Å². The average molecular weight is 699 g/mol. The molecule has 1 amide bonds. The van der Waals surface area contributed by atoms with Gasteiger partial charge in [-0.15, -0.1) is 0 Å². The van der Waals surface area contributed by atoms with Gasteiger partial charge in [-0.2, -0.15) is 36.5 Å². The number of aromatic nitrogens is 3. The second kappa shape index (κ2) is 13.0. The molecule has 0 saturated heterocycles. The maximum atomic E-state index is 13.0. The molecule has 47 heavy (non-hydrogen) atoms. The summed E-state index contributed by atoms with van der Waals surface area (Å²) in [5.74, 6) is -0.707. The Bertz CT molecular complexity index is 1700. The van der Waals surface area contributed by atoms with Crippen molar-refractivity contribution in [3.63, 3.8) is 0 Å². The van der Waals surface area contributed by atoms with E-state index in [4.69, 9.17) is 21.5 Å². The zero-order valence-corrected chi connectivity index (χ0v) is 27.0. The zero-order valence-electron chi connectivity index (χ0n) is 25.4. The normalized spacial score (nSPS) is 17.1. The SMILES string of the molecule is CC(C)N(C(=O)C1(CNC(O)c2ccc(Nc3nc(NC4(c5ccc(Cl)cc5)CC4)nc(OCC(F)(F)F)n3)cc2)CC1)S(N)(=O)=O. The van der Waals surface area contributed by atoms with Crippen molar-refractivity contribution in [1.29, 1.82) is 0 Å². The van der Waals surface area contributed by atoms with Crippen LogP contribution in [-0.4, -0.2) is 64.1 Å². The lowest BCUT2D eigenvalue weighted by molar-refractivity contribution is -0.154. The fourth-order valence-electron chi connectivity index (χ4n) is 5.06. The molecule has 3 aromatic rings.